The van der Waals surface area contributed by atoms with Gasteiger partial charge in [0.15, 0.2) is 5.82 Å². The largest absolute Gasteiger partial charge is 0.497 e. The predicted molar refractivity (Wildman–Crippen MR) is 133 cm³/mol. The van der Waals surface area contributed by atoms with E-state index in [-0.39, 0.29) is 30.6 Å². The molecule has 190 valence electrons. The first-order valence-corrected chi connectivity index (χ1v) is 12.7. The fraction of sp³-hybridized carbons (Fsp3) is 0.400. The monoisotopic (exact) mass is 515 g/mol. The number of alkyl halides is 1. The second kappa shape index (κ2) is 10.6. The van der Waals surface area contributed by atoms with Gasteiger partial charge < -0.3 is 20.5 Å². The molecule has 0 spiro atoms. The number of methoxy groups -OCH3 is 1. The lowest BCUT2D eigenvalue weighted by Gasteiger charge is -2.36. The Labute approximate surface area is 211 Å². The number of likely N-dealkylation sites (tertiary alicyclic amines) is 1. The van der Waals surface area contributed by atoms with Gasteiger partial charge in [0.2, 0.25) is 5.91 Å². The summed E-state index contributed by atoms with van der Waals surface area (Å²) in [4.78, 5) is 23.0. The van der Waals surface area contributed by atoms with Crippen molar-refractivity contribution in [1.29, 1.82) is 0 Å². The first-order valence-electron chi connectivity index (χ1n) is 11.7. The minimum atomic E-state index is -1.13. The van der Waals surface area contributed by atoms with E-state index < -0.39 is 18.1 Å². The van der Waals surface area contributed by atoms with Crippen molar-refractivity contribution >= 4 is 34.4 Å². The number of thioether (sulfide) groups is 1. The minimum absolute atomic E-state index is 0.0764. The van der Waals surface area contributed by atoms with Crippen LogP contribution in [0.4, 0.5) is 14.6 Å². The quantitative estimate of drug-likeness (QED) is 0.442. The van der Waals surface area contributed by atoms with Crippen LogP contribution in [0.3, 0.4) is 0 Å². The lowest BCUT2D eigenvalue weighted by molar-refractivity contribution is -0.113. The summed E-state index contributed by atoms with van der Waals surface area (Å²) in [6.07, 6.45) is -0.0500. The number of carbonyl (C=O) groups is 1. The van der Waals surface area contributed by atoms with Crippen molar-refractivity contribution in [3.63, 3.8) is 0 Å². The number of aliphatic hydroxyl groups is 1. The molecule has 0 aliphatic carbocycles. The molecule has 0 radical (unpaired) electrons. The number of hydrogen-bond acceptors (Lipinski definition) is 8. The van der Waals surface area contributed by atoms with Gasteiger partial charge in [0.25, 0.3) is 0 Å². The van der Waals surface area contributed by atoms with Gasteiger partial charge in [-0.1, -0.05) is 0 Å². The first-order chi connectivity index (χ1) is 17.4. The number of pyridine rings is 2. The van der Waals surface area contributed by atoms with E-state index in [2.05, 4.69) is 20.6 Å². The zero-order chi connectivity index (χ0) is 25.2. The number of nitrogens with one attached hydrogen (secondary N) is 2. The highest BCUT2D eigenvalue weighted by Gasteiger charge is 2.30. The van der Waals surface area contributed by atoms with Gasteiger partial charge in [0.05, 0.1) is 29.6 Å². The second-order valence-corrected chi connectivity index (χ2v) is 9.98. The Morgan fingerprint density at radius 2 is 2.22 bits per heavy atom. The molecule has 36 heavy (non-hydrogen) atoms. The van der Waals surface area contributed by atoms with E-state index >= 15 is 4.39 Å². The maximum atomic E-state index is 15.0. The Kier molecular flexibility index (Phi) is 7.33. The number of carbonyl (C=O) groups excluding carboxylic acids is 1. The summed E-state index contributed by atoms with van der Waals surface area (Å²) in [6, 6.07) is 8.01. The second-order valence-electron chi connectivity index (χ2n) is 8.96. The number of aromatic nitrogens is 2. The van der Waals surface area contributed by atoms with Gasteiger partial charge >= 0.3 is 0 Å². The summed E-state index contributed by atoms with van der Waals surface area (Å²) in [7, 11) is 1.45. The third-order valence-corrected chi connectivity index (χ3v) is 7.58. The maximum absolute atomic E-state index is 15.0. The van der Waals surface area contributed by atoms with E-state index in [0.717, 1.165) is 10.6 Å². The van der Waals surface area contributed by atoms with Gasteiger partial charge in [-0.05, 0) is 42.8 Å². The van der Waals surface area contributed by atoms with Crippen molar-refractivity contribution in [2.75, 3.05) is 37.8 Å². The van der Waals surface area contributed by atoms with Gasteiger partial charge in [-0.3, -0.25) is 14.7 Å². The average molecular weight is 516 g/mol. The van der Waals surface area contributed by atoms with Gasteiger partial charge in [-0.15, -0.1) is 11.8 Å². The van der Waals surface area contributed by atoms with Crippen molar-refractivity contribution in [1.82, 2.24) is 20.2 Å². The molecule has 11 heteroatoms. The zero-order valence-electron chi connectivity index (χ0n) is 19.7. The molecule has 4 heterocycles. The minimum Gasteiger partial charge on any atom is -0.497 e. The van der Waals surface area contributed by atoms with Crippen LogP contribution in [0.1, 0.15) is 23.8 Å². The van der Waals surface area contributed by atoms with Crippen LogP contribution in [0.25, 0.3) is 10.9 Å². The van der Waals surface area contributed by atoms with Gasteiger partial charge in [0.1, 0.15) is 23.3 Å². The Bertz CT molecular complexity index is 1280. The average Bonchev–Trinajstić information content (AvgIpc) is 2.87. The normalized spacial score (nSPS) is 21.2. The van der Waals surface area contributed by atoms with Crippen LogP contribution in [0.2, 0.25) is 0 Å². The van der Waals surface area contributed by atoms with Gasteiger partial charge in [-0.2, -0.15) is 0 Å². The topological polar surface area (TPSA) is 99.6 Å². The van der Waals surface area contributed by atoms with Crippen LogP contribution in [0.15, 0.2) is 41.4 Å². The number of anilines is 1. The number of fused-ring (bicyclic) bond motifs is 2. The predicted octanol–water partition coefficient (Wildman–Crippen LogP) is 3.06. The maximum Gasteiger partial charge on any atom is 0.235 e. The lowest BCUT2D eigenvalue weighted by Crippen LogP contribution is -2.51. The summed E-state index contributed by atoms with van der Waals surface area (Å²) in [5.74, 6) is 0.672. The number of aliphatic hydroxyl groups excluding tert-OH is 1. The number of amides is 1. The molecule has 1 amide bonds. The van der Waals surface area contributed by atoms with E-state index in [1.807, 2.05) is 17.0 Å². The summed E-state index contributed by atoms with van der Waals surface area (Å²) < 4.78 is 34.6. The van der Waals surface area contributed by atoms with E-state index in [9.17, 15) is 14.3 Å². The molecule has 0 bridgehead atoms. The summed E-state index contributed by atoms with van der Waals surface area (Å²) in [6.45, 7) is 1.37. The first kappa shape index (κ1) is 24.8. The van der Waals surface area contributed by atoms with E-state index in [4.69, 9.17) is 4.74 Å². The summed E-state index contributed by atoms with van der Waals surface area (Å²) in [5, 5.41) is 17.4. The molecule has 0 unspecified atom stereocenters. The van der Waals surface area contributed by atoms with Crippen molar-refractivity contribution in [2.45, 2.75) is 36.2 Å². The standard InChI is InChI=1S/C25H27F2N5O3S/c1-35-15-8-17-16(4-6-28-24(17)18(26)9-15)21(33)12-32-7-5-20(19(27)11-32)29-10-14-2-3-22-25(30-14)31-23(34)13-36-22/h2-4,6,8-9,19-21,29,33H,5,7,10-13H2,1H3,(H,30,31,34)/t19-,20+,21-/m0/s1. The van der Waals surface area contributed by atoms with Crippen molar-refractivity contribution < 1.29 is 23.4 Å². The Balaban J connectivity index is 1.19. The molecule has 3 aromatic rings. The Hall–Kier alpha value is -2.86. The molecule has 0 saturated carbocycles. The molecule has 1 aromatic carbocycles. The molecular weight excluding hydrogens is 488 g/mol. The molecule has 2 aromatic heterocycles. The molecule has 1 saturated heterocycles. The number of halogens is 2. The third-order valence-electron chi connectivity index (χ3n) is 6.53. The highest BCUT2D eigenvalue weighted by atomic mass is 32.2. The van der Waals surface area contributed by atoms with Crippen LogP contribution >= 0.6 is 11.8 Å². The number of rotatable bonds is 7. The van der Waals surface area contributed by atoms with E-state index in [1.165, 1.54) is 31.1 Å². The highest BCUT2D eigenvalue weighted by Crippen LogP contribution is 2.31. The van der Waals surface area contributed by atoms with Crippen molar-refractivity contribution in [3.05, 3.63) is 53.6 Å². The molecule has 8 nitrogen and oxygen atoms in total. The summed E-state index contributed by atoms with van der Waals surface area (Å²) in [5.41, 5.74) is 1.42. The van der Waals surface area contributed by atoms with Gasteiger partial charge in [0, 0.05) is 43.3 Å². The highest BCUT2D eigenvalue weighted by molar-refractivity contribution is 8.00. The molecule has 2 aliphatic heterocycles. The number of ether oxygens (including phenoxy) is 1. The Morgan fingerprint density at radius 1 is 1.36 bits per heavy atom. The molecule has 3 N–H and O–H groups in total. The third kappa shape index (κ3) is 5.29. The van der Waals surface area contributed by atoms with Gasteiger partial charge in [-0.25, -0.2) is 13.8 Å². The Morgan fingerprint density at radius 3 is 3.03 bits per heavy atom. The number of hydrogen-bond donors (Lipinski definition) is 3. The molecule has 5 rings (SSSR count). The van der Waals surface area contributed by atoms with E-state index in [1.54, 1.807) is 12.1 Å². The summed E-state index contributed by atoms with van der Waals surface area (Å²) >= 11 is 1.45. The van der Waals surface area contributed by atoms with Crippen LogP contribution < -0.4 is 15.4 Å². The van der Waals surface area contributed by atoms with Crippen LogP contribution in [0.5, 0.6) is 5.75 Å². The zero-order valence-corrected chi connectivity index (χ0v) is 20.5. The lowest BCUT2D eigenvalue weighted by atomic mass is 10.00. The SMILES string of the molecule is COc1cc(F)c2nccc([C@@H](O)CN3CC[C@@H](NCc4ccc5c(n4)NC(=O)CS5)[C@@H](F)C3)c2c1. The number of piperidine rings is 1. The fourth-order valence-corrected chi connectivity index (χ4v) is 5.42. The van der Waals surface area contributed by atoms with Crippen molar-refractivity contribution in [2.24, 2.45) is 0 Å². The van der Waals surface area contributed by atoms with E-state index in [0.29, 0.717) is 47.8 Å². The molecule has 3 atom stereocenters. The number of benzene rings is 1. The van der Waals surface area contributed by atoms with Crippen molar-refractivity contribution in [3.8, 4) is 5.75 Å². The fourth-order valence-electron chi connectivity index (χ4n) is 4.66. The molecular formula is C25H27F2N5O3S. The number of nitrogens with zero attached hydrogens (tertiary/aromatic N) is 3. The molecule has 1 fully saturated rings. The van der Waals surface area contributed by atoms with Crippen LogP contribution in [-0.2, 0) is 11.3 Å². The van der Waals surface area contributed by atoms with Crippen LogP contribution in [0, 0.1) is 5.82 Å². The van der Waals surface area contributed by atoms with Crippen LogP contribution in [-0.4, -0.2) is 70.6 Å². The smallest absolute Gasteiger partial charge is 0.235 e. The number of β-amino-alcohol motifs (C(OH)–C–C–N with tert-alkyl or cyclic N) is 1. The molecule has 2 aliphatic rings.